The van der Waals surface area contributed by atoms with Gasteiger partial charge in [0, 0.05) is 42.6 Å². The van der Waals surface area contributed by atoms with Gasteiger partial charge in [0.2, 0.25) is 5.91 Å². The van der Waals surface area contributed by atoms with Gasteiger partial charge in [0.25, 0.3) is 0 Å². The summed E-state index contributed by atoms with van der Waals surface area (Å²) in [5.74, 6) is 3.21. The lowest BCUT2D eigenvalue weighted by molar-refractivity contribution is -0.121. The Morgan fingerprint density at radius 3 is 2.88 bits per heavy atom. The van der Waals surface area contributed by atoms with E-state index >= 15 is 0 Å². The first-order valence-electron chi connectivity index (χ1n) is 9.72. The van der Waals surface area contributed by atoms with Crippen molar-refractivity contribution in [1.29, 1.82) is 0 Å². The van der Waals surface area contributed by atoms with Crippen LogP contribution in [0.4, 0.5) is 0 Å². The van der Waals surface area contributed by atoms with Crippen LogP contribution in [0, 0.1) is 0 Å². The van der Waals surface area contributed by atoms with E-state index in [1.807, 2.05) is 23.9 Å². The molecule has 1 amide bonds. The van der Waals surface area contributed by atoms with Gasteiger partial charge in [-0.1, -0.05) is 24.6 Å². The first-order valence-corrected chi connectivity index (χ1v) is 10.9. The summed E-state index contributed by atoms with van der Waals surface area (Å²) in [7, 11) is 1.72. The third kappa shape index (κ3) is 5.38. The molecule has 1 aromatic rings. The first kappa shape index (κ1) is 19.5. The van der Waals surface area contributed by atoms with Crippen LogP contribution in [0.25, 0.3) is 0 Å². The minimum atomic E-state index is 0.141. The molecule has 2 atom stereocenters. The molecule has 3 rings (SSSR count). The van der Waals surface area contributed by atoms with E-state index in [-0.39, 0.29) is 11.9 Å². The normalized spacial score (nSPS) is 22.6. The van der Waals surface area contributed by atoms with Gasteiger partial charge in [0.1, 0.15) is 5.75 Å². The van der Waals surface area contributed by atoms with Crippen LogP contribution >= 0.6 is 11.8 Å². The standard InChI is InChI=1S/C20H31N3O2S/c1-25-19-8-4-3-7-17(19)18(23-10-5-2-6-11-23)14-22-20(24)13-16-15-26-12-9-21-16/h3-4,7-8,16,18,21H,2,5-6,9-15H2,1H3,(H,22,24). The van der Waals surface area contributed by atoms with Gasteiger partial charge in [-0.25, -0.2) is 0 Å². The van der Waals surface area contributed by atoms with Crippen LogP contribution in [-0.2, 0) is 4.79 Å². The lowest BCUT2D eigenvalue weighted by Gasteiger charge is -2.35. The summed E-state index contributed by atoms with van der Waals surface area (Å²) < 4.78 is 5.59. The Morgan fingerprint density at radius 1 is 1.35 bits per heavy atom. The number of carbonyl (C=O) groups excluding carboxylic acids is 1. The van der Waals surface area contributed by atoms with E-state index in [4.69, 9.17) is 4.74 Å². The monoisotopic (exact) mass is 377 g/mol. The number of likely N-dealkylation sites (tertiary alicyclic amines) is 1. The number of thioether (sulfide) groups is 1. The number of benzene rings is 1. The zero-order chi connectivity index (χ0) is 18.2. The summed E-state index contributed by atoms with van der Waals surface area (Å²) in [5, 5.41) is 6.63. The number of hydrogen-bond donors (Lipinski definition) is 2. The molecule has 5 nitrogen and oxygen atoms in total. The van der Waals surface area contributed by atoms with Crippen molar-refractivity contribution in [2.45, 2.75) is 37.8 Å². The van der Waals surface area contributed by atoms with Crippen molar-refractivity contribution >= 4 is 17.7 Å². The van der Waals surface area contributed by atoms with E-state index < -0.39 is 0 Å². The van der Waals surface area contributed by atoms with E-state index in [2.05, 4.69) is 27.7 Å². The Hall–Kier alpha value is -1.24. The second-order valence-electron chi connectivity index (χ2n) is 7.09. The molecule has 0 radical (unpaired) electrons. The molecule has 144 valence electrons. The zero-order valence-electron chi connectivity index (χ0n) is 15.7. The fraction of sp³-hybridized carbons (Fsp3) is 0.650. The molecular formula is C20H31N3O2S. The average Bonchev–Trinajstić information content (AvgIpc) is 2.70. The fourth-order valence-corrected chi connectivity index (χ4v) is 4.81. The molecule has 26 heavy (non-hydrogen) atoms. The molecule has 6 heteroatoms. The zero-order valence-corrected chi connectivity index (χ0v) is 16.5. The Balaban J connectivity index is 1.64. The molecule has 2 saturated heterocycles. The van der Waals surface area contributed by atoms with Gasteiger partial charge in [-0.05, 0) is 32.0 Å². The lowest BCUT2D eigenvalue weighted by atomic mass is 10.0. The summed E-state index contributed by atoms with van der Waals surface area (Å²) in [6.45, 7) is 3.80. The van der Waals surface area contributed by atoms with Gasteiger partial charge < -0.3 is 15.4 Å². The summed E-state index contributed by atoms with van der Waals surface area (Å²) >= 11 is 1.93. The van der Waals surface area contributed by atoms with Crippen molar-refractivity contribution in [1.82, 2.24) is 15.5 Å². The lowest BCUT2D eigenvalue weighted by Crippen LogP contribution is -2.44. The van der Waals surface area contributed by atoms with Crippen molar-refractivity contribution in [2.75, 3.05) is 44.8 Å². The van der Waals surface area contributed by atoms with Crippen molar-refractivity contribution in [3.8, 4) is 5.75 Å². The SMILES string of the molecule is COc1ccccc1C(CNC(=O)CC1CSCCN1)N1CCCCC1. The number of hydrogen-bond acceptors (Lipinski definition) is 5. The van der Waals surface area contributed by atoms with Gasteiger partial charge >= 0.3 is 0 Å². The minimum absolute atomic E-state index is 0.141. The highest BCUT2D eigenvalue weighted by Crippen LogP contribution is 2.30. The van der Waals surface area contributed by atoms with E-state index in [1.54, 1.807) is 7.11 Å². The van der Waals surface area contributed by atoms with Crippen LogP contribution in [0.1, 0.15) is 37.3 Å². The predicted octanol–water partition coefficient (Wildman–Crippen LogP) is 2.43. The number of methoxy groups -OCH3 is 1. The van der Waals surface area contributed by atoms with Crippen LogP contribution in [0.2, 0.25) is 0 Å². The number of para-hydroxylation sites is 1. The predicted molar refractivity (Wildman–Crippen MR) is 108 cm³/mol. The van der Waals surface area contributed by atoms with Crippen LogP contribution < -0.4 is 15.4 Å². The minimum Gasteiger partial charge on any atom is -0.496 e. The molecule has 2 N–H and O–H groups in total. The number of nitrogens with one attached hydrogen (secondary N) is 2. The molecule has 1 aromatic carbocycles. The molecule has 0 aliphatic carbocycles. The highest BCUT2D eigenvalue weighted by atomic mass is 32.2. The number of nitrogens with zero attached hydrogens (tertiary/aromatic N) is 1. The topological polar surface area (TPSA) is 53.6 Å². The first-order chi connectivity index (χ1) is 12.8. The molecule has 2 aliphatic rings. The van der Waals surface area contributed by atoms with Crippen molar-refractivity contribution < 1.29 is 9.53 Å². The summed E-state index contributed by atoms with van der Waals surface area (Å²) in [6.07, 6.45) is 4.31. The van der Waals surface area contributed by atoms with Crippen molar-refractivity contribution in [2.24, 2.45) is 0 Å². The van der Waals surface area contributed by atoms with E-state index in [0.29, 0.717) is 19.0 Å². The maximum Gasteiger partial charge on any atom is 0.221 e. The maximum atomic E-state index is 12.5. The summed E-state index contributed by atoms with van der Waals surface area (Å²) in [6, 6.07) is 8.67. The molecule has 2 aliphatic heterocycles. The number of amides is 1. The number of rotatable bonds is 7. The van der Waals surface area contributed by atoms with Crippen LogP contribution in [0.15, 0.2) is 24.3 Å². The number of carbonyl (C=O) groups is 1. The molecule has 0 spiro atoms. The summed E-state index contributed by atoms with van der Waals surface area (Å²) in [5.41, 5.74) is 1.17. The Morgan fingerprint density at radius 2 is 2.15 bits per heavy atom. The van der Waals surface area contributed by atoms with E-state index in [9.17, 15) is 4.79 Å². The Bertz CT molecular complexity index is 572. The molecule has 0 aromatic heterocycles. The smallest absolute Gasteiger partial charge is 0.221 e. The Kier molecular flexibility index (Phi) is 7.65. The molecular weight excluding hydrogens is 346 g/mol. The Labute approximate surface area is 161 Å². The van der Waals surface area contributed by atoms with Crippen molar-refractivity contribution in [3.05, 3.63) is 29.8 Å². The van der Waals surface area contributed by atoms with E-state index in [0.717, 1.165) is 36.9 Å². The highest BCUT2D eigenvalue weighted by Gasteiger charge is 2.26. The summed E-state index contributed by atoms with van der Waals surface area (Å²) in [4.78, 5) is 15.0. The third-order valence-electron chi connectivity index (χ3n) is 5.25. The maximum absolute atomic E-state index is 12.5. The largest absolute Gasteiger partial charge is 0.496 e. The fourth-order valence-electron chi connectivity index (χ4n) is 3.86. The number of ether oxygens (including phenoxy) is 1. The van der Waals surface area contributed by atoms with Crippen LogP contribution in [0.3, 0.4) is 0 Å². The highest BCUT2D eigenvalue weighted by molar-refractivity contribution is 7.99. The van der Waals surface area contributed by atoms with Gasteiger partial charge in [0.15, 0.2) is 0 Å². The van der Waals surface area contributed by atoms with Gasteiger partial charge in [-0.2, -0.15) is 11.8 Å². The molecule has 2 unspecified atom stereocenters. The number of piperidine rings is 1. The molecule has 0 bridgehead atoms. The second kappa shape index (κ2) is 10.2. The van der Waals surface area contributed by atoms with Crippen LogP contribution in [-0.4, -0.2) is 61.6 Å². The van der Waals surface area contributed by atoms with Crippen LogP contribution in [0.5, 0.6) is 5.75 Å². The molecule has 0 saturated carbocycles. The van der Waals surface area contributed by atoms with Crippen molar-refractivity contribution in [3.63, 3.8) is 0 Å². The quantitative estimate of drug-likeness (QED) is 0.764. The molecule has 2 heterocycles. The van der Waals surface area contributed by atoms with Gasteiger partial charge in [-0.15, -0.1) is 0 Å². The van der Waals surface area contributed by atoms with Gasteiger partial charge in [-0.3, -0.25) is 9.69 Å². The van der Waals surface area contributed by atoms with Gasteiger partial charge in [0.05, 0.1) is 13.2 Å². The third-order valence-corrected chi connectivity index (χ3v) is 6.38. The van der Waals surface area contributed by atoms with E-state index in [1.165, 1.54) is 24.8 Å². The molecule has 2 fully saturated rings. The average molecular weight is 378 g/mol. The second-order valence-corrected chi connectivity index (χ2v) is 8.24.